The number of unbranched alkanes of at least 4 members (excludes halogenated alkanes) is 1. The van der Waals surface area contributed by atoms with Gasteiger partial charge in [0.05, 0.1) is 0 Å². The minimum absolute atomic E-state index is 0.499. The summed E-state index contributed by atoms with van der Waals surface area (Å²) in [6.07, 6.45) is 4.24. The van der Waals surface area contributed by atoms with Crippen LogP contribution >= 0.6 is 11.3 Å². The molecule has 2 rings (SSSR count). The van der Waals surface area contributed by atoms with Crippen molar-refractivity contribution in [1.29, 1.82) is 0 Å². The summed E-state index contributed by atoms with van der Waals surface area (Å²) < 4.78 is 7.58. The maximum Gasteiger partial charge on any atom is 0.191 e. The van der Waals surface area contributed by atoms with E-state index in [2.05, 4.69) is 50.3 Å². The molecule has 0 bridgehead atoms. The van der Waals surface area contributed by atoms with Crippen molar-refractivity contribution in [1.82, 2.24) is 25.4 Å². The maximum absolute atomic E-state index is 5.61. The van der Waals surface area contributed by atoms with Crippen LogP contribution in [0.3, 0.4) is 0 Å². The van der Waals surface area contributed by atoms with E-state index < -0.39 is 0 Å². The number of ether oxygens (including phenoxy) is 1. The highest BCUT2D eigenvalue weighted by molar-refractivity contribution is 7.09. The van der Waals surface area contributed by atoms with Gasteiger partial charge < -0.3 is 19.9 Å². The molecule has 150 valence electrons. The molecule has 0 radical (unpaired) electrons. The fourth-order valence-electron chi connectivity index (χ4n) is 2.40. The second kappa shape index (κ2) is 12.5. The molecular formula is C19H32N6OS. The van der Waals surface area contributed by atoms with Crippen LogP contribution in [0.4, 0.5) is 0 Å². The number of rotatable bonds is 12. The third-order valence-corrected chi connectivity index (χ3v) is 5.14. The van der Waals surface area contributed by atoms with Gasteiger partial charge in [0.25, 0.3) is 0 Å². The fraction of sp³-hybridized carbons (Fsp3) is 0.632. The fourth-order valence-corrected chi connectivity index (χ4v) is 3.11. The number of guanidine groups is 1. The summed E-state index contributed by atoms with van der Waals surface area (Å²) in [5, 5.41) is 17.2. The first-order valence-corrected chi connectivity index (χ1v) is 10.6. The molecule has 2 aromatic heterocycles. The zero-order chi connectivity index (χ0) is 19.3. The second-order valence-electron chi connectivity index (χ2n) is 6.39. The van der Waals surface area contributed by atoms with E-state index in [-0.39, 0.29) is 0 Å². The van der Waals surface area contributed by atoms with E-state index in [0.29, 0.717) is 6.54 Å². The van der Waals surface area contributed by atoms with Gasteiger partial charge in [-0.2, -0.15) is 0 Å². The Balaban J connectivity index is 1.79. The molecule has 0 aliphatic carbocycles. The van der Waals surface area contributed by atoms with E-state index >= 15 is 0 Å². The minimum atomic E-state index is 0.499. The van der Waals surface area contributed by atoms with E-state index in [4.69, 9.17) is 4.74 Å². The van der Waals surface area contributed by atoms with Gasteiger partial charge in [-0.05, 0) is 37.6 Å². The van der Waals surface area contributed by atoms with Crippen LogP contribution < -0.4 is 10.6 Å². The van der Waals surface area contributed by atoms with Crippen molar-refractivity contribution in [3.63, 3.8) is 0 Å². The summed E-state index contributed by atoms with van der Waals surface area (Å²) in [5.41, 5.74) is 0. The van der Waals surface area contributed by atoms with Crippen molar-refractivity contribution in [3.05, 3.63) is 34.0 Å². The summed E-state index contributed by atoms with van der Waals surface area (Å²) in [7, 11) is 1.96. The van der Waals surface area contributed by atoms with E-state index in [1.54, 1.807) is 11.3 Å². The zero-order valence-corrected chi connectivity index (χ0v) is 17.5. The van der Waals surface area contributed by atoms with Crippen LogP contribution in [0.15, 0.2) is 22.5 Å². The van der Waals surface area contributed by atoms with Crippen LogP contribution in [0.2, 0.25) is 0 Å². The van der Waals surface area contributed by atoms with Crippen LogP contribution in [0.5, 0.6) is 0 Å². The molecule has 8 heteroatoms. The van der Waals surface area contributed by atoms with Crippen molar-refractivity contribution in [3.8, 4) is 0 Å². The smallest absolute Gasteiger partial charge is 0.191 e. The number of hydrogen-bond donors (Lipinski definition) is 2. The van der Waals surface area contributed by atoms with Gasteiger partial charge in [0.15, 0.2) is 11.8 Å². The Morgan fingerprint density at radius 3 is 2.74 bits per heavy atom. The van der Waals surface area contributed by atoms with E-state index in [0.717, 1.165) is 63.2 Å². The molecule has 0 atom stereocenters. The monoisotopic (exact) mass is 392 g/mol. The van der Waals surface area contributed by atoms with Crippen LogP contribution in [0.25, 0.3) is 0 Å². The molecule has 0 saturated heterocycles. The lowest BCUT2D eigenvalue weighted by Gasteiger charge is -2.12. The summed E-state index contributed by atoms with van der Waals surface area (Å²) >= 11 is 1.78. The lowest BCUT2D eigenvalue weighted by molar-refractivity contribution is 0.129. The molecule has 2 heterocycles. The number of nitrogens with zero attached hydrogens (tertiary/aromatic N) is 4. The number of nitrogens with one attached hydrogen (secondary N) is 2. The molecule has 0 aromatic carbocycles. The van der Waals surface area contributed by atoms with E-state index in [1.807, 2.05) is 18.5 Å². The van der Waals surface area contributed by atoms with Crippen molar-refractivity contribution in [2.45, 2.75) is 46.1 Å². The largest absolute Gasteiger partial charge is 0.381 e. The van der Waals surface area contributed by atoms with Crippen molar-refractivity contribution >= 4 is 17.3 Å². The lowest BCUT2D eigenvalue weighted by atomic mass is 10.3. The second-order valence-corrected chi connectivity index (χ2v) is 7.42. The van der Waals surface area contributed by atoms with Crippen molar-refractivity contribution in [2.24, 2.45) is 12.0 Å². The highest BCUT2D eigenvalue weighted by atomic mass is 32.1. The predicted molar refractivity (Wildman–Crippen MR) is 111 cm³/mol. The average molecular weight is 393 g/mol. The molecule has 0 aliphatic rings. The molecule has 0 aliphatic heterocycles. The standard InChI is InChI=1S/C19H32N6OS/c1-4-5-12-26-13-7-10-20-19(21-11-9-17-8-6-14-27-17)22-15-18-24-23-16(2)25(18)3/h6,8,14H,4-5,7,9-13,15H2,1-3H3,(H2,20,21,22). The van der Waals surface area contributed by atoms with Gasteiger partial charge in [0.1, 0.15) is 12.4 Å². The van der Waals surface area contributed by atoms with Gasteiger partial charge >= 0.3 is 0 Å². The molecule has 0 amide bonds. The summed E-state index contributed by atoms with van der Waals surface area (Å²) in [5.74, 6) is 2.56. The van der Waals surface area contributed by atoms with Crippen LogP contribution in [0.1, 0.15) is 42.7 Å². The summed E-state index contributed by atoms with van der Waals surface area (Å²) in [6.45, 7) is 7.91. The third-order valence-electron chi connectivity index (χ3n) is 4.21. The Morgan fingerprint density at radius 1 is 1.22 bits per heavy atom. The van der Waals surface area contributed by atoms with Crippen molar-refractivity contribution < 1.29 is 4.74 Å². The molecular weight excluding hydrogens is 360 g/mol. The first-order chi connectivity index (χ1) is 13.2. The van der Waals surface area contributed by atoms with E-state index in [9.17, 15) is 0 Å². The van der Waals surface area contributed by atoms with Gasteiger partial charge in [-0.15, -0.1) is 21.5 Å². The molecule has 0 fully saturated rings. The summed E-state index contributed by atoms with van der Waals surface area (Å²) in [6, 6.07) is 4.24. The third kappa shape index (κ3) is 8.09. The van der Waals surface area contributed by atoms with E-state index in [1.165, 1.54) is 11.3 Å². The Hall–Kier alpha value is -1.93. The van der Waals surface area contributed by atoms with Crippen LogP contribution in [-0.4, -0.2) is 47.0 Å². The number of aromatic nitrogens is 3. The average Bonchev–Trinajstić information content (AvgIpc) is 3.29. The van der Waals surface area contributed by atoms with Gasteiger partial charge in [0.2, 0.25) is 0 Å². The Labute approximate surface area is 166 Å². The normalized spacial score (nSPS) is 11.7. The lowest BCUT2D eigenvalue weighted by Crippen LogP contribution is -2.39. The molecule has 0 spiro atoms. The zero-order valence-electron chi connectivity index (χ0n) is 16.7. The number of hydrogen-bond acceptors (Lipinski definition) is 5. The number of aliphatic imine (C=N–C) groups is 1. The molecule has 0 unspecified atom stereocenters. The first kappa shape index (κ1) is 21.4. The van der Waals surface area contributed by atoms with Gasteiger partial charge in [0, 0.05) is 38.2 Å². The van der Waals surface area contributed by atoms with Crippen molar-refractivity contribution in [2.75, 3.05) is 26.3 Å². The quantitative estimate of drug-likeness (QED) is 0.330. The highest BCUT2D eigenvalue weighted by Gasteiger charge is 2.05. The first-order valence-electron chi connectivity index (χ1n) is 9.68. The van der Waals surface area contributed by atoms with Gasteiger partial charge in [-0.1, -0.05) is 19.4 Å². The molecule has 0 saturated carbocycles. The van der Waals surface area contributed by atoms with Crippen LogP contribution in [0, 0.1) is 6.92 Å². The summed E-state index contributed by atoms with van der Waals surface area (Å²) in [4.78, 5) is 6.04. The predicted octanol–water partition coefficient (Wildman–Crippen LogP) is 2.67. The SMILES string of the molecule is CCCCOCCCNC(=NCc1nnc(C)n1C)NCCc1cccs1. The number of thiophene rings is 1. The molecule has 2 aromatic rings. The van der Waals surface area contributed by atoms with Gasteiger partial charge in [-0.25, -0.2) is 4.99 Å². The van der Waals surface area contributed by atoms with Gasteiger partial charge in [-0.3, -0.25) is 0 Å². The Kier molecular flexibility index (Phi) is 9.86. The highest BCUT2D eigenvalue weighted by Crippen LogP contribution is 2.08. The molecule has 7 nitrogen and oxygen atoms in total. The Bertz CT molecular complexity index is 668. The molecule has 2 N–H and O–H groups in total. The minimum Gasteiger partial charge on any atom is -0.381 e. The topological polar surface area (TPSA) is 76.4 Å². The maximum atomic E-state index is 5.61. The van der Waals surface area contributed by atoms with Crippen LogP contribution in [-0.2, 0) is 24.8 Å². The molecule has 27 heavy (non-hydrogen) atoms. The number of aryl methyl sites for hydroxylation is 1. The Morgan fingerprint density at radius 2 is 2.04 bits per heavy atom.